The van der Waals surface area contributed by atoms with Gasteiger partial charge in [-0.25, -0.2) is 4.98 Å². The lowest BCUT2D eigenvalue weighted by Gasteiger charge is -2.27. The van der Waals surface area contributed by atoms with Crippen molar-refractivity contribution in [3.8, 4) is 0 Å². The summed E-state index contributed by atoms with van der Waals surface area (Å²) in [6.07, 6.45) is 3.09. The molecule has 31 heavy (non-hydrogen) atoms. The third-order valence-corrected chi connectivity index (χ3v) is 7.07. The number of carbonyl (C=O) groups is 1. The average Bonchev–Trinajstić information content (AvgIpc) is 3.18. The molecule has 0 N–H and O–H groups in total. The van der Waals surface area contributed by atoms with E-state index in [1.165, 1.54) is 16.9 Å². The van der Waals surface area contributed by atoms with Gasteiger partial charge >= 0.3 is 0 Å². The molecule has 0 unspecified atom stereocenters. The van der Waals surface area contributed by atoms with Crippen LogP contribution in [0.25, 0.3) is 10.2 Å². The Balaban J connectivity index is 1.40. The summed E-state index contributed by atoms with van der Waals surface area (Å²) in [4.78, 5) is 34.3. The molecule has 2 aromatic heterocycles. The molecule has 1 amide bonds. The molecule has 2 aromatic carbocycles. The van der Waals surface area contributed by atoms with Crippen LogP contribution >= 0.6 is 22.9 Å². The van der Waals surface area contributed by atoms with E-state index < -0.39 is 0 Å². The van der Waals surface area contributed by atoms with Gasteiger partial charge in [-0.3, -0.25) is 14.2 Å². The second-order valence-electron chi connectivity index (χ2n) is 7.65. The lowest BCUT2D eigenvalue weighted by molar-refractivity contribution is 0.0737. The first-order chi connectivity index (χ1) is 15.1. The van der Waals surface area contributed by atoms with Crippen LogP contribution in [0.5, 0.6) is 0 Å². The Hall–Kier alpha value is -2.96. The molecule has 0 saturated carbocycles. The van der Waals surface area contributed by atoms with Crippen molar-refractivity contribution in [2.45, 2.75) is 25.9 Å². The van der Waals surface area contributed by atoms with Crippen LogP contribution in [-0.2, 0) is 25.9 Å². The van der Waals surface area contributed by atoms with Gasteiger partial charge in [-0.2, -0.15) is 0 Å². The quantitative estimate of drug-likeness (QED) is 0.459. The summed E-state index contributed by atoms with van der Waals surface area (Å²) in [5, 5.41) is 1.32. The number of hydrogen-bond donors (Lipinski definition) is 0. The fourth-order valence-corrected chi connectivity index (χ4v) is 5.34. The summed E-state index contributed by atoms with van der Waals surface area (Å²) in [5.74, 6) is -0.0204. The first-order valence-electron chi connectivity index (χ1n) is 10.2. The molecule has 5 nitrogen and oxygen atoms in total. The average molecular weight is 450 g/mol. The van der Waals surface area contributed by atoms with Crippen molar-refractivity contribution in [2.75, 3.05) is 6.54 Å². The molecule has 1 aliphatic heterocycles. The van der Waals surface area contributed by atoms with Crippen molar-refractivity contribution < 1.29 is 4.79 Å². The van der Waals surface area contributed by atoms with Gasteiger partial charge in [0.25, 0.3) is 11.5 Å². The number of hydrogen-bond acceptors (Lipinski definition) is 4. The normalized spacial score (nSPS) is 13.4. The lowest BCUT2D eigenvalue weighted by atomic mass is 10.0. The van der Waals surface area contributed by atoms with Gasteiger partial charge in [0.2, 0.25) is 0 Å². The third-order valence-electron chi connectivity index (χ3n) is 5.69. The number of amides is 1. The summed E-state index contributed by atoms with van der Waals surface area (Å²) in [7, 11) is 0. The molecule has 0 bridgehead atoms. The molecule has 1 aliphatic rings. The highest BCUT2D eigenvalue weighted by molar-refractivity contribution is 7.18. The van der Waals surface area contributed by atoms with Crippen LogP contribution in [0.1, 0.15) is 26.4 Å². The van der Waals surface area contributed by atoms with Crippen LogP contribution in [0.3, 0.4) is 0 Å². The van der Waals surface area contributed by atoms with Crippen LogP contribution in [0.2, 0.25) is 5.02 Å². The predicted molar refractivity (Wildman–Crippen MR) is 124 cm³/mol. The molecule has 0 aliphatic carbocycles. The van der Waals surface area contributed by atoms with E-state index in [2.05, 4.69) is 17.1 Å². The molecule has 0 saturated heterocycles. The number of carbonyl (C=O) groups excluding carboxylic acids is 1. The molecule has 7 heteroatoms. The first-order valence-corrected chi connectivity index (χ1v) is 11.4. The SMILES string of the molecule is O=C(c1ccc(Cl)cc1)N1CCc2c(sc3ncn(CCc4ccccc4)c(=O)c23)C1. The van der Waals surface area contributed by atoms with Gasteiger partial charge in [0.1, 0.15) is 4.83 Å². The van der Waals surface area contributed by atoms with Crippen LogP contribution in [0.4, 0.5) is 0 Å². The van der Waals surface area contributed by atoms with Gasteiger partial charge in [-0.15, -0.1) is 11.3 Å². The van der Waals surface area contributed by atoms with E-state index in [0.717, 1.165) is 21.7 Å². The topological polar surface area (TPSA) is 55.2 Å². The number of aromatic nitrogens is 2. The molecule has 0 radical (unpaired) electrons. The first kappa shape index (κ1) is 20.0. The molecule has 0 fully saturated rings. The highest BCUT2D eigenvalue weighted by Gasteiger charge is 2.27. The van der Waals surface area contributed by atoms with Crippen molar-refractivity contribution in [1.82, 2.24) is 14.5 Å². The minimum absolute atomic E-state index is 0.0101. The number of fused-ring (bicyclic) bond motifs is 3. The zero-order chi connectivity index (χ0) is 21.4. The summed E-state index contributed by atoms with van der Waals surface area (Å²) in [5.41, 5.74) is 2.87. The largest absolute Gasteiger partial charge is 0.333 e. The van der Waals surface area contributed by atoms with E-state index in [9.17, 15) is 9.59 Å². The zero-order valence-electron chi connectivity index (χ0n) is 16.8. The standard InChI is InChI=1S/C24H20ClN3O2S/c25-18-8-6-17(7-9-18)23(29)27-13-11-19-20(14-27)31-22-21(19)24(30)28(15-26-22)12-10-16-4-2-1-3-5-16/h1-9,15H,10-14H2. The maximum absolute atomic E-state index is 13.2. The van der Waals surface area contributed by atoms with Crippen LogP contribution in [0.15, 0.2) is 65.7 Å². The Morgan fingerprint density at radius 2 is 1.87 bits per heavy atom. The van der Waals surface area contributed by atoms with Crippen molar-refractivity contribution in [1.29, 1.82) is 0 Å². The molecule has 5 rings (SSSR count). The third kappa shape index (κ3) is 3.89. The molecule has 4 aromatic rings. The zero-order valence-corrected chi connectivity index (χ0v) is 18.3. The summed E-state index contributed by atoms with van der Waals surface area (Å²) in [6.45, 7) is 1.68. The summed E-state index contributed by atoms with van der Waals surface area (Å²) >= 11 is 7.45. The van der Waals surface area contributed by atoms with E-state index in [1.54, 1.807) is 35.2 Å². The van der Waals surface area contributed by atoms with Crippen LogP contribution in [-0.4, -0.2) is 26.9 Å². The number of halogens is 1. The Morgan fingerprint density at radius 1 is 1.10 bits per heavy atom. The fourth-order valence-electron chi connectivity index (χ4n) is 4.02. The minimum Gasteiger partial charge on any atom is -0.333 e. The Labute approximate surface area is 188 Å². The molecule has 0 atom stereocenters. The Kier molecular flexibility index (Phi) is 5.34. The number of benzene rings is 2. The van der Waals surface area contributed by atoms with Gasteiger partial charge in [0.05, 0.1) is 18.3 Å². The molecular weight excluding hydrogens is 430 g/mol. The molecule has 0 spiro atoms. The maximum Gasteiger partial charge on any atom is 0.262 e. The number of rotatable bonds is 4. The number of nitrogens with zero attached hydrogens (tertiary/aromatic N) is 3. The molecule has 156 valence electrons. The monoisotopic (exact) mass is 449 g/mol. The van der Waals surface area contributed by atoms with E-state index >= 15 is 0 Å². The van der Waals surface area contributed by atoms with Gasteiger partial charge < -0.3 is 4.90 Å². The fraction of sp³-hybridized carbons (Fsp3) is 0.208. The Morgan fingerprint density at radius 3 is 2.65 bits per heavy atom. The molecule has 3 heterocycles. The highest BCUT2D eigenvalue weighted by Crippen LogP contribution is 2.32. The van der Waals surface area contributed by atoms with E-state index in [4.69, 9.17) is 11.6 Å². The lowest BCUT2D eigenvalue weighted by Crippen LogP contribution is -2.35. The second-order valence-corrected chi connectivity index (χ2v) is 9.17. The minimum atomic E-state index is -0.0204. The number of thiophene rings is 1. The van der Waals surface area contributed by atoms with Gasteiger partial charge in [0, 0.05) is 28.6 Å². The smallest absolute Gasteiger partial charge is 0.262 e. The van der Waals surface area contributed by atoms with Gasteiger partial charge in [-0.1, -0.05) is 41.9 Å². The molecular formula is C24H20ClN3O2S. The van der Waals surface area contributed by atoms with Gasteiger partial charge in [0.15, 0.2) is 0 Å². The predicted octanol–water partition coefficient (Wildman–Crippen LogP) is 4.55. The second kappa shape index (κ2) is 8.29. The summed E-state index contributed by atoms with van der Waals surface area (Å²) < 4.78 is 1.70. The highest BCUT2D eigenvalue weighted by atomic mass is 35.5. The Bertz CT molecular complexity index is 1310. The summed E-state index contributed by atoms with van der Waals surface area (Å²) in [6, 6.07) is 17.1. The number of aryl methyl sites for hydroxylation is 2. The van der Waals surface area contributed by atoms with Crippen LogP contribution < -0.4 is 5.56 Å². The maximum atomic E-state index is 13.2. The van der Waals surface area contributed by atoms with Crippen molar-refractivity contribution >= 4 is 39.1 Å². The van der Waals surface area contributed by atoms with E-state index in [-0.39, 0.29) is 11.5 Å². The van der Waals surface area contributed by atoms with E-state index in [0.29, 0.717) is 42.0 Å². The van der Waals surface area contributed by atoms with Gasteiger partial charge in [-0.05, 0) is 48.2 Å². The van der Waals surface area contributed by atoms with Crippen molar-refractivity contribution in [3.05, 3.63) is 97.9 Å². The van der Waals surface area contributed by atoms with Crippen LogP contribution in [0, 0.1) is 0 Å². The van der Waals surface area contributed by atoms with E-state index in [1.807, 2.05) is 23.1 Å². The van der Waals surface area contributed by atoms with Crippen molar-refractivity contribution in [3.63, 3.8) is 0 Å². The van der Waals surface area contributed by atoms with Crippen molar-refractivity contribution in [2.24, 2.45) is 0 Å².